The molecule has 1 aliphatic heterocycles. The Labute approximate surface area is 166 Å². The van der Waals surface area contributed by atoms with Crippen LogP contribution >= 0.6 is 0 Å². The van der Waals surface area contributed by atoms with E-state index in [4.69, 9.17) is 0 Å². The second-order valence-corrected chi connectivity index (χ2v) is 11.1. The standard InChI is InChI=1S/C21H27N3O3S/c1-21(2,3)14-7-9-15(10-8-14)22-20(25)19-17-5-4-6-18(17)23-24(19)16-11-12-28(26,27)13-16/h7-10,16H,4-6,11-13H2,1-3H3,(H,22,25)/t16-/m0/s1. The van der Waals surface area contributed by atoms with Crippen molar-refractivity contribution in [2.45, 2.75) is 57.9 Å². The maximum atomic E-state index is 13.1. The highest BCUT2D eigenvalue weighted by Gasteiger charge is 2.35. The first-order valence-corrected chi connectivity index (χ1v) is 11.7. The van der Waals surface area contributed by atoms with Gasteiger partial charge in [-0.2, -0.15) is 5.10 Å². The third-order valence-electron chi connectivity index (χ3n) is 5.71. The van der Waals surface area contributed by atoms with Crippen LogP contribution in [0.2, 0.25) is 0 Å². The van der Waals surface area contributed by atoms with Crippen molar-refractivity contribution >= 4 is 21.4 Å². The zero-order chi connectivity index (χ0) is 20.1. The third kappa shape index (κ3) is 3.60. The third-order valence-corrected chi connectivity index (χ3v) is 7.46. The van der Waals surface area contributed by atoms with E-state index >= 15 is 0 Å². The first-order chi connectivity index (χ1) is 13.1. The first kappa shape index (κ1) is 19.2. The maximum Gasteiger partial charge on any atom is 0.274 e. The van der Waals surface area contributed by atoms with E-state index in [0.29, 0.717) is 12.1 Å². The Morgan fingerprint density at radius 2 is 1.89 bits per heavy atom. The first-order valence-electron chi connectivity index (χ1n) is 9.87. The minimum atomic E-state index is -3.05. The topological polar surface area (TPSA) is 81.1 Å². The molecule has 1 aromatic carbocycles. The highest BCUT2D eigenvalue weighted by molar-refractivity contribution is 7.91. The van der Waals surface area contributed by atoms with Crippen LogP contribution in [0, 0.1) is 0 Å². The van der Waals surface area contributed by atoms with Crippen molar-refractivity contribution in [3.63, 3.8) is 0 Å². The molecule has 1 amide bonds. The smallest absolute Gasteiger partial charge is 0.274 e. The number of nitrogens with one attached hydrogen (secondary N) is 1. The number of aromatic nitrogens is 2. The van der Waals surface area contributed by atoms with Crippen molar-refractivity contribution < 1.29 is 13.2 Å². The Hall–Kier alpha value is -2.15. The molecule has 0 bridgehead atoms. The summed E-state index contributed by atoms with van der Waals surface area (Å²) < 4.78 is 25.6. The van der Waals surface area contributed by atoms with E-state index < -0.39 is 9.84 Å². The van der Waals surface area contributed by atoms with E-state index in [-0.39, 0.29) is 28.9 Å². The Kier molecular flexibility index (Phi) is 4.61. The van der Waals surface area contributed by atoms with Crippen molar-refractivity contribution in [3.05, 3.63) is 46.8 Å². The molecule has 0 radical (unpaired) electrons. The number of sulfone groups is 1. The summed E-state index contributed by atoms with van der Waals surface area (Å²) in [6.45, 7) is 6.45. The van der Waals surface area contributed by atoms with E-state index in [9.17, 15) is 13.2 Å². The van der Waals surface area contributed by atoms with E-state index in [2.05, 4.69) is 31.2 Å². The van der Waals surface area contributed by atoms with Crippen LogP contribution in [0.4, 0.5) is 5.69 Å². The molecule has 1 aromatic heterocycles. The van der Waals surface area contributed by atoms with Crippen molar-refractivity contribution in [1.82, 2.24) is 9.78 Å². The van der Waals surface area contributed by atoms with Crippen LogP contribution in [-0.2, 0) is 28.1 Å². The summed E-state index contributed by atoms with van der Waals surface area (Å²) in [4.78, 5) is 13.1. The Balaban J connectivity index is 1.62. The van der Waals surface area contributed by atoms with Gasteiger partial charge in [-0.3, -0.25) is 9.48 Å². The predicted molar refractivity (Wildman–Crippen MR) is 110 cm³/mol. The Morgan fingerprint density at radius 1 is 1.18 bits per heavy atom. The van der Waals surface area contributed by atoms with Gasteiger partial charge in [0.05, 0.1) is 23.2 Å². The molecule has 0 unspecified atom stereocenters. The van der Waals surface area contributed by atoms with Gasteiger partial charge in [-0.1, -0.05) is 32.9 Å². The molecule has 28 heavy (non-hydrogen) atoms. The highest BCUT2D eigenvalue weighted by atomic mass is 32.2. The quantitative estimate of drug-likeness (QED) is 0.856. The molecule has 2 aromatic rings. The van der Waals surface area contributed by atoms with Crippen LogP contribution < -0.4 is 5.32 Å². The molecule has 1 aliphatic carbocycles. The van der Waals surface area contributed by atoms with Crippen LogP contribution in [0.5, 0.6) is 0 Å². The number of rotatable bonds is 3. The molecule has 2 aliphatic rings. The number of nitrogens with zero attached hydrogens (tertiary/aromatic N) is 2. The van der Waals surface area contributed by atoms with E-state index in [1.807, 2.05) is 24.3 Å². The van der Waals surface area contributed by atoms with Crippen LogP contribution in [0.1, 0.15) is 67.0 Å². The van der Waals surface area contributed by atoms with E-state index in [0.717, 1.165) is 36.2 Å². The Bertz CT molecular complexity index is 1010. The highest BCUT2D eigenvalue weighted by Crippen LogP contribution is 2.32. The van der Waals surface area contributed by atoms with Gasteiger partial charge in [-0.05, 0) is 48.8 Å². The van der Waals surface area contributed by atoms with Gasteiger partial charge >= 0.3 is 0 Å². The van der Waals surface area contributed by atoms with Crippen molar-refractivity contribution in [1.29, 1.82) is 0 Å². The molecule has 2 heterocycles. The van der Waals surface area contributed by atoms with Crippen LogP contribution in [-0.4, -0.2) is 35.6 Å². The summed E-state index contributed by atoms with van der Waals surface area (Å²) in [7, 11) is -3.05. The van der Waals surface area contributed by atoms with Gasteiger partial charge in [0.15, 0.2) is 9.84 Å². The molecule has 1 atom stereocenters. The fourth-order valence-corrected chi connectivity index (χ4v) is 5.82. The molecule has 1 saturated heterocycles. The average Bonchev–Trinajstić information content (AvgIpc) is 3.27. The molecular formula is C21H27N3O3S. The maximum absolute atomic E-state index is 13.1. The number of amides is 1. The molecule has 6 nitrogen and oxygen atoms in total. The number of hydrogen-bond acceptors (Lipinski definition) is 4. The molecule has 150 valence electrons. The molecule has 4 rings (SSSR count). The number of fused-ring (bicyclic) bond motifs is 1. The van der Waals surface area contributed by atoms with Gasteiger partial charge in [0, 0.05) is 11.3 Å². The van der Waals surface area contributed by atoms with Gasteiger partial charge < -0.3 is 5.32 Å². The number of aryl methyl sites for hydroxylation is 1. The Morgan fingerprint density at radius 3 is 2.50 bits per heavy atom. The number of benzene rings is 1. The number of carbonyl (C=O) groups excluding carboxylic acids is 1. The molecule has 1 N–H and O–H groups in total. The predicted octanol–water partition coefficient (Wildman–Crippen LogP) is 3.28. The summed E-state index contributed by atoms with van der Waals surface area (Å²) in [5.74, 6) is 0.0227. The zero-order valence-corrected chi connectivity index (χ0v) is 17.5. The molecule has 1 fully saturated rings. The summed E-state index contributed by atoms with van der Waals surface area (Å²) >= 11 is 0. The number of anilines is 1. The molecule has 7 heteroatoms. The fourth-order valence-electron chi connectivity index (χ4n) is 4.13. The minimum absolute atomic E-state index is 0.0515. The van der Waals surface area contributed by atoms with Gasteiger partial charge in [-0.25, -0.2) is 8.42 Å². The van der Waals surface area contributed by atoms with E-state index in [1.165, 1.54) is 5.56 Å². The van der Waals surface area contributed by atoms with Crippen molar-refractivity contribution in [2.24, 2.45) is 0 Å². The van der Waals surface area contributed by atoms with Crippen LogP contribution in [0.25, 0.3) is 0 Å². The van der Waals surface area contributed by atoms with Crippen molar-refractivity contribution in [2.75, 3.05) is 16.8 Å². The van der Waals surface area contributed by atoms with Gasteiger partial charge in [0.1, 0.15) is 5.69 Å². The lowest BCUT2D eigenvalue weighted by Gasteiger charge is -2.19. The second-order valence-electron chi connectivity index (χ2n) is 8.91. The van der Waals surface area contributed by atoms with Gasteiger partial charge in [0.25, 0.3) is 5.91 Å². The summed E-state index contributed by atoms with van der Waals surface area (Å²) in [6.07, 6.45) is 3.17. The summed E-state index contributed by atoms with van der Waals surface area (Å²) in [5, 5.41) is 7.63. The van der Waals surface area contributed by atoms with Gasteiger partial charge in [-0.15, -0.1) is 0 Å². The number of carbonyl (C=O) groups is 1. The van der Waals surface area contributed by atoms with Gasteiger partial charge in [0.2, 0.25) is 0 Å². The lowest BCUT2D eigenvalue weighted by molar-refractivity contribution is 0.101. The lowest BCUT2D eigenvalue weighted by Crippen LogP contribution is -2.23. The van der Waals surface area contributed by atoms with E-state index in [1.54, 1.807) is 4.68 Å². The molecule has 0 spiro atoms. The molecular weight excluding hydrogens is 374 g/mol. The van der Waals surface area contributed by atoms with Crippen LogP contribution in [0.3, 0.4) is 0 Å². The minimum Gasteiger partial charge on any atom is -0.321 e. The molecule has 0 saturated carbocycles. The second kappa shape index (κ2) is 6.72. The lowest BCUT2D eigenvalue weighted by atomic mass is 9.87. The zero-order valence-electron chi connectivity index (χ0n) is 16.7. The normalized spacial score (nSPS) is 20.9. The van der Waals surface area contributed by atoms with Crippen LogP contribution in [0.15, 0.2) is 24.3 Å². The number of hydrogen-bond donors (Lipinski definition) is 1. The summed E-state index contributed by atoms with van der Waals surface area (Å²) in [5.41, 5.74) is 4.44. The SMILES string of the molecule is CC(C)(C)c1ccc(NC(=O)c2c3c(nn2[C@H]2CCS(=O)(=O)C2)CCC3)cc1. The average molecular weight is 402 g/mol. The monoisotopic (exact) mass is 401 g/mol. The largest absolute Gasteiger partial charge is 0.321 e. The fraction of sp³-hybridized carbons (Fsp3) is 0.524. The summed E-state index contributed by atoms with van der Waals surface area (Å²) in [6, 6.07) is 7.64. The van der Waals surface area contributed by atoms with Crippen molar-refractivity contribution in [3.8, 4) is 0 Å².